The van der Waals surface area contributed by atoms with E-state index in [2.05, 4.69) is 56.9 Å². The molecule has 33 heavy (non-hydrogen) atoms. The van der Waals surface area contributed by atoms with E-state index in [9.17, 15) is 9.18 Å². The number of amides is 1. The van der Waals surface area contributed by atoms with Crippen molar-refractivity contribution in [2.75, 3.05) is 36.4 Å². The molecule has 4 nitrogen and oxygen atoms in total. The van der Waals surface area contributed by atoms with Gasteiger partial charge in [0.05, 0.1) is 11.7 Å². The first kappa shape index (κ1) is 23.5. The number of anilines is 2. The van der Waals surface area contributed by atoms with E-state index < -0.39 is 0 Å². The molecule has 2 heterocycles. The lowest BCUT2D eigenvalue weighted by Crippen LogP contribution is -2.48. The van der Waals surface area contributed by atoms with Gasteiger partial charge in [0.2, 0.25) is 5.91 Å². The lowest BCUT2D eigenvalue weighted by molar-refractivity contribution is -0.120. The Morgan fingerprint density at radius 2 is 1.73 bits per heavy atom. The Morgan fingerprint density at radius 1 is 1.00 bits per heavy atom. The van der Waals surface area contributed by atoms with Crippen molar-refractivity contribution in [1.29, 1.82) is 0 Å². The number of halogens is 1. The zero-order chi connectivity index (χ0) is 23.2. The standard InChI is InChI=1S/C27H32FN3OS/c1-3-20(4-2)27(32)29-22-12-13-24(23(28)19-22)30-14-16-31(17-15-30)26(25-11-8-18-33-25)21-9-6-5-7-10-21/h5-13,18-20,26H,3-4,14-17H2,1-2H3,(H,29,32). The second-order valence-corrected chi connectivity index (χ2v) is 9.50. The molecule has 1 aromatic heterocycles. The van der Waals surface area contributed by atoms with Gasteiger partial charge in [-0.1, -0.05) is 50.2 Å². The summed E-state index contributed by atoms with van der Waals surface area (Å²) in [5.41, 5.74) is 2.41. The second-order valence-electron chi connectivity index (χ2n) is 8.52. The van der Waals surface area contributed by atoms with Crippen LogP contribution in [-0.2, 0) is 4.79 Å². The van der Waals surface area contributed by atoms with Crippen LogP contribution < -0.4 is 10.2 Å². The number of hydrogen-bond donors (Lipinski definition) is 1. The van der Waals surface area contributed by atoms with Crippen LogP contribution in [0.4, 0.5) is 15.8 Å². The SMILES string of the molecule is CCC(CC)C(=O)Nc1ccc(N2CCN(C(c3ccccc3)c3cccs3)CC2)c(F)c1. The van der Waals surface area contributed by atoms with Crippen molar-refractivity contribution in [2.24, 2.45) is 5.92 Å². The van der Waals surface area contributed by atoms with Crippen molar-refractivity contribution in [1.82, 2.24) is 4.90 Å². The highest BCUT2D eigenvalue weighted by Crippen LogP contribution is 2.33. The summed E-state index contributed by atoms with van der Waals surface area (Å²) in [6.45, 7) is 7.21. The summed E-state index contributed by atoms with van der Waals surface area (Å²) in [5, 5.41) is 4.99. The zero-order valence-corrected chi connectivity index (χ0v) is 20.2. The van der Waals surface area contributed by atoms with Crippen LogP contribution in [0, 0.1) is 11.7 Å². The quantitative estimate of drug-likeness (QED) is 0.432. The molecular weight excluding hydrogens is 433 g/mol. The molecule has 1 atom stereocenters. The van der Waals surface area contributed by atoms with E-state index >= 15 is 0 Å². The van der Waals surface area contributed by atoms with Crippen LogP contribution in [0.5, 0.6) is 0 Å². The first-order chi connectivity index (χ1) is 16.1. The predicted octanol–water partition coefficient (Wildman–Crippen LogP) is 6.17. The molecule has 1 amide bonds. The maximum atomic E-state index is 15.0. The molecule has 0 saturated carbocycles. The van der Waals surface area contributed by atoms with Crippen LogP contribution in [0.3, 0.4) is 0 Å². The molecule has 0 spiro atoms. The highest BCUT2D eigenvalue weighted by atomic mass is 32.1. The summed E-state index contributed by atoms with van der Waals surface area (Å²) in [6.07, 6.45) is 1.56. The molecule has 1 N–H and O–H groups in total. The fraction of sp³-hybridized carbons (Fsp3) is 0.370. The number of carbonyl (C=O) groups excluding carboxylic acids is 1. The van der Waals surface area contributed by atoms with E-state index in [1.807, 2.05) is 26.0 Å². The first-order valence-electron chi connectivity index (χ1n) is 11.8. The minimum Gasteiger partial charge on any atom is -0.367 e. The van der Waals surface area contributed by atoms with E-state index in [-0.39, 0.29) is 23.7 Å². The Balaban J connectivity index is 1.43. The van der Waals surface area contributed by atoms with Crippen LogP contribution in [0.1, 0.15) is 43.2 Å². The van der Waals surface area contributed by atoms with Crippen LogP contribution in [0.15, 0.2) is 66.0 Å². The van der Waals surface area contributed by atoms with Crippen LogP contribution in [0.2, 0.25) is 0 Å². The van der Waals surface area contributed by atoms with Gasteiger partial charge in [-0.2, -0.15) is 0 Å². The van der Waals surface area contributed by atoms with E-state index in [0.717, 1.165) is 39.0 Å². The molecule has 2 aromatic carbocycles. The second kappa shape index (κ2) is 10.9. The Morgan fingerprint density at radius 3 is 2.33 bits per heavy atom. The van der Waals surface area contributed by atoms with E-state index in [0.29, 0.717) is 11.4 Å². The Bertz CT molecular complexity index is 1030. The summed E-state index contributed by atoms with van der Waals surface area (Å²) < 4.78 is 15.0. The molecule has 4 rings (SSSR count). The average molecular weight is 466 g/mol. The maximum Gasteiger partial charge on any atom is 0.227 e. The van der Waals surface area contributed by atoms with Crippen LogP contribution in [-0.4, -0.2) is 37.0 Å². The molecule has 0 radical (unpaired) electrons. The molecule has 1 aliphatic rings. The van der Waals surface area contributed by atoms with Gasteiger partial charge >= 0.3 is 0 Å². The molecule has 1 aliphatic heterocycles. The molecule has 0 bridgehead atoms. The van der Waals surface area contributed by atoms with Gasteiger partial charge < -0.3 is 10.2 Å². The number of piperazine rings is 1. The molecule has 0 aliphatic carbocycles. The molecule has 6 heteroatoms. The highest BCUT2D eigenvalue weighted by molar-refractivity contribution is 7.10. The van der Waals surface area contributed by atoms with Gasteiger partial charge in [0.15, 0.2) is 0 Å². The van der Waals surface area contributed by atoms with Crippen molar-refractivity contribution in [3.8, 4) is 0 Å². The molecule has 1 fully saturated rings. The first-order valence-corrected chi connectivity index (χ1v) is 12.7. The zero-order valence-electron chi connectivity index (χ0n) is 19.3. The minimum atomic E-state index is -0.288. The Kier molecular flexibility index (Phi) is 7.78. The summed E-state index contributed by atoms with van der Waals surface area (Å²) in [7, 11) is 0. The van der Waals surface area contributed by atoms with Gasteiger partial charge in [0.1, 0.15) is 5.82 Å². The number of hydrogen-bond acceptors (Lipinski definition) is 4. The van der Waals surface area contributed by atoms with Gasteiger partial charge in [0.25, 0.3) is 0 Å². The topological polar surface area (TPSA) is 35.6 Å². The number of carbonyl (C=O) groups is 1. The molecular formula is C27H32FN3OS. The van der Waals surface area contributed by atoms with Gasteiger partial charge in [-0.25, -0.2) is 4.39 Å². The van der Waals surface area contributed by atoms with Gasteiger partial charge in [-0.05, 0) is 48.1 Å². The van der Waals surface area contributed by atoms with E-state index in [4.69, 9.17) is 0 Å². The largest absolute Gasteiger partial charge is 0.367 e. The van der Waals surface area contributed by atoms with E-state index in [1.165, 1.54) is 16.5 Å². The fourth-order valence-corrected chi connectivity index (χ4v) is 5.49. The number of nitrogens with one attached hydrogen (secondary N) is 1. The van der Waals surface area contributed by atoms with Gasteiger partial charge in [-0.15, -0.1) is 11.3 Å². The summed E-state index contributed by atoms with van der Waals surface area (Å²) in [6, 6.07) is 20.2. The number of thiophene rings is 1. The van der Waals surface area contributed by atoms with Crippen LogP contribution >= 0.6 is 11.3 Å². The van der Waals surface area contributed by atoms with E-state index in [1.54, 1.807) is 17.4 Å². The van der Waals surface area contributed by atoms with Crippen molar-refractivity contribution in [3.63, 3.8) is 0 Å². The summed E-state index contributed by atoms with van der Waals surface area (Å²) in [5.74, 6) is -0.369. The third-order valence-electron chi connectivity index (χ3n) is 6.52. The molecule has 1 unspecified atom stereocenters. The number of rotatable bonds is 8. The highest BCUT2D eigenvalue weighted by Gasteiger charge is 2.28. The van der Waals surface area contributed by atoms with Crippen molar-refractivity contribution >= 4 is 28.6 Å². The predicted molar refractivity (Wildman–Crippen MR) is 135 cm³/mol. The van der Waals surface area contributed by atoms with Crippen molar-refractivity contribution in [3.05, 3.63) is 82.3 Å². The normalized spacial score (nSPS) is 15.6. The monoisotopic (exact) mass is 465 g/mol. The third-order valence-corrected chi connectivity index (χ3v) is 7.44. The molecule has 3 aromatic rings. The third kappa shape index (κ3) is 5.45. The molecule has 1 saturated heterocycles. The Labute approximate surface area is 200 Å². The van der Waals surface area contributed by atoms with Crippen LogP contribution in [0.25, 0.3) is 0 Å². The maximum absolute atomic E-state index is 15.0. The van der Waals surface area contributed by atoms with Gasteiger partial charge in [0, 0.05) is 42.7 Å². The van der Waals surface area contributed by atoms with Crippen molar-refractivity contribution < 1.29 is 9.18 Å². The van der Waals surface area contributed by atoms with Gasteiger partial charge in [-0.3, -0.25) is 9.69 Å². The fourth-order valence-electron chi connectivity index (χ4n) is 4.60. The minimum absolute atomic E-state index is 0.0401. The summed E-state index contributed by atoms with van der Waals surface area (Å²) in [4.78, 5) is 18.3. The van der Waals surface area contributed by atoms with Crippen molar-refractivity contribution in [2.45, 2.75) is 32.7 Å². The number of benzene rings is 2. The Hall–Kier alpha value is -2.70. The summed E-state index contributed by atoms with van der Waals surface area (Å²) >= 11 is 1.78. The smallest absolute Gasteiger partial charge is 0.227 e. The number of nitrogens with zero attached hydrogens (tertiary/aromatic N) is 2. The average Bonchev–Trinajstić information content (AvgIpc) is 3.36. The lowest BCUT2D eigenvalue weighted by atomic mass is 10.0. The molecule has 174 valence electrons. The lowest BCUT2D eigenvalue weighted by Gasteiger charge is -2.40.